The molecule has 16 heavy (non-hydrogen) atoms. The molecule has 2 atom stereocenters. The van der Waals surface area contributed by atoms with E-state index in [1.54, 1.807) is 0 Å². The molecule has 0 heterocycles. The molecule has 0 spiro atoms. The van der Waals surface area contributed by atoms with Crippen molar-refractivity contribution in [1.82, 2.24) is 0 Å². The minimum atomic E-state index is -3.19. The van der Waals surface area contributed by atoms with Crippen LogP contribution in [-0.4, -0.2) is 37.2 Å². The molecule has 2 fully saturated rings. The summed E-state index contributed by atoms with van der Waals surface area (Å²) in [4.78, 5) is 0. The third kappa shape index (κ3) is 1.52. The smallest absolute Gasteiger partial charge is 0.153 e. The molecule has 2 aliphatic rings. The first kappa shape index (κ1) is 12.3. The first-order valence-corrected chi connectivity index (χ1v) is 7.92. The van der Waals surface area contributed by atoms with E-state index in [9.17, 15) is 13.5 Å². The van der Waals surface area contributed by atoms with Crippen LogP contribution in [0.2, 0.25) is 0 Å². The highest BCUT2D eigenvalue weighted by molar-refractivity contribution is 7.91. The van der Waals surface area contributed by atoms with E-state index in [2.05, 4.69) is 0 Å². The second kappa shape index (κ2) is 3.68. The monoisotopic (exact) mass is 247 g/mol. The van der Waals surface area contributed by atoms with Gasteiger partial charge in [-0.05, 0) is 32.1 Å². The Morgan fingerprint density at radius 1 is 1.31 bits per heavy atom. The molecule has 0 amide bonds. The average Bonchev–Trinajstić information content (AvgIpc) is 2.46. The van der Waals surface area contributed by atoms with Crippen LogP contribution in [0.25, 0.3) is 0 Å². The maximum Gasteiger partial charge on any atom is 0.153 e. The number of rotatable bonds is 3. The van der Waals surface area contributed by atoms with Crippen molar-refractivity contribution in [2.24, 2.45) is 11.1 Å². The van der Waals surface area contributed by atoms with Gasteiger partial charge in [0.25, 0.3) is 0 Å². The predicted octanol–water partition coefficient (Wildman–Crippen LogP) is 0.444. The highest BCUT2D eigenvalue weighted by atomic mass is 32.2. The maximum absolute atomic E-state index is 11.8. The Hall–Kier alpha value is -0.130. The highest BCUT2D eigenvalue weighted by Gasteiger charge is 2.61. The third-order valence-electron chi connectivity index (χ3n) is 4.69. The van der Waals surface area contributed by atoms with E-state index >= 15 is 0 Å². The summed E-state index contributed by atoms with van der Waals surface area (Å²) in [5.74, 6) is 0. The summed E-state index contributed by atoms with van der Waals surface area (Å²) < 4.78 is 23.5. The van der Waals surface area contributed by atoms with Gasteiger partial charge in [0.15, 0.2) is 9.84 Å². The Kier molecular flexibility index (Phi) is 2.84. The zero-order valence-electron chi connectivity index (χ0n) is 9.78. The molecule has 0 radical (unpaired) electrons. The van der Waals surface area contributed by atoms with Crippen molar-refractivity contribution in [3.63, 3.8) is 0 Å². The normalized spacial score (nSPS) is 38.3. The van der Waals surface area contributed by atoms with Crippen LogP contribution >= 0.6 is 0 Å². The molecule has 3 N–H and O–H groups in total. The van der Waals surface area contributed by atoms with E-state index in [-0.39, 0.29) is 5.41 Å². The van der Waals surface area contributed by atoms with E-state index in [0.29, 0.717) is 19.4 Å². The van der Waals surface area contributed by atoms with Crippen LogP contribution in [0.4, 0.5) is 0 Å². The molecule has 0 aromatic carbocycles. The van der Waals surface area contributed by atoms with Crippen molar-refractivity contribution in [2.45, 2.75) is 49.4 Å². The topological polar surface area (TPSA) is 80.4 Å². The van der Waals surface area contributed by atoms with Crippen LogP contribution < -0.4 is 5.73 Å². The Morgan fingerprint density at radius 2 is 1.94 bits per heavy atom. The second-order valence-electron chi connectivity index (χ2n) is 5.47. The first-order valence-electron chi connectivity index (χ1n) is 5.97. The quantitative estimate of drug-likeness (QED) is 0.758. The van der Waals surface area contributed by atoms with Crippen molar-refractivity contribution in [1.29, 1.82) is 0 Å². The maximum atomic E-state index is 11.8. The molecule has 2 rings (SSSR count). The van der Waals surface area contributed by atoms with E-state index in [1.165, 1.54) is 6.26 Å². The first-order chi connectivity index (χ1) is 7.36. The summed E-state index contributed by atoms with van der Waals surface area (Å²) in [7, 11) is -3.19. The lowest BCUT2D eigenvalue weighted by Gasteiger charge is -2.53. The molecule has 0 bridgehead atoms. The van der Waals surface area contributed by atoms with Crippen molar-refractivity contribution in [3.8, 4) is 0 Å². The summed E-state index contributed by atoms with van der Waals surface area (Å²) in [5, 5.41) is 10.2. The largest absolute Gasteiger partial charge is 0.388 e. The molecule has 4 nitrogen and oxygen atoms in total. The molecular weight excluding hydrogens is 226 g/mol. The number of nitrogens with two attached hydrogens (primary N) is 1. The van der Waals surface area contributed by atoms with Crippen molar-refractivity contribution >= 4 is 9.84 Å². The van der Waals surface area contributed by atoms with Gasteiger partial charge in [0.2, 0.25) is 0 Å². The van der Waals surface area contributed by atoms with Gasteiger partial charge in [0.1, 0.15) is 0 Å². The Morgan fingerprint density at radius 3 is 2.31 bits per heavy atom. The zero-order valence-corrected chi connectivity index (χ0v) is 10.6. The Balaban J connectivity index is 2.36. The van der Waals surface area contributed by atoms with Gasteiger partial charge in [-0.2, -0.15) is 0 Å². The third-order valence-corrected chi connectivity index (χ3v) is 6.35. The SMILES string of the molecule is CS(=O)(=O)C1CCCC1(O)C1(CN)CCC1. The molecule has 5 heteroatoms. The van der Waals surface area contributed by atoms with Crippen LogP contribution in [0.1, 0.15) is 38.5 Å². The Bertz CT molecular complexity index is 369. The number of hydrogen-bond acceptors (Lipinski definition) is 4. The number of aliphatic hydroxyl groups is 1. The molecule has 2 saturated carbocycles. The van der Waals surface area contributed by atoms with E-state index < -0.39 is 20.7 Å². The van der Waals surface area contributed by atoms with Crippen LogP contribution in [-0.2, 0) is 9.84 Å². The standard InChI is InChI=1S/C11H21NO3S/c1-16(14,15)9-4-2-7-11(9,13)10(8-12)5-3-6-10/h9,13H,2-8,12H2,1H3. The van der Waals surface area contributed by atoms with Gasteiger partial charge in [0.05, 0.1) is 10.9 Å². The fourth-order valence-corrected chi connectivity index (χ4v) is 5.22. The highest BCUT2D eigenvalue weighted by Crippen LogP contribution is 2.56. The van der Waals surface area contributed by atoms with Gasteiger partial charge in [0, 0.05) is 18.2 Å². The van der Waals surface area contributed by atoms with Crippen LogP contribution in [0.3, 0.4) is 0 Å². The van der Waals surface area contributed by atoms with Gasteiger partial charge in [-0.3, -0.25) is 0 Å². The summed E-state index contributed by atoms with van der Waals surface area (Å²) in [6, 6.07) is 0. The molecule has 0 aliphatic heterocycles. The molecule has 94 valence electrons. The van der Waals surface area contributed by atoms with E-state index in [4.69, 9.17) is 5.73 Å². The lowest BCUT2D eigenvalue weighted by molar-refractivity contribution is -0.115. The average molecular weight is 247 g/mol. The molecule has 0 aromatic rings. The fourth-order valence-electron chi connectivity index (χ4n) is 3.55. The van der Waals surface area contributed by atoms with Crippen LogP contribution in [0.5, 0.6) is 0 Å². The van der Waals surface area contributed by atoms with Gasteiger partial charge >= 0.3 is 0 Å². The Labute approximate surface area is 97.1 Å². The van der Waals surface area contributed by atoms with Crippen molar-refractivity contribution < 1.29 is 13.5 Å². The van der Waals surface area contributed by atoms with E-state index in [1.807, 2.05) is 0 Å². The number of sulfone groups is 1. The van der Waals surface area contributed by atoms with Gasteiger partial charge in [-0.1, -0.05) is 6.42 Å². The van der Waals surface area contributed by atoms with Crippen molar-refractivity contribution in [2.75, 3.05) is 12.8 Å². The van der Waals surface area contributed by atoms with Crippen molar-refractivity contribution in [3.05, 3.63) is 0 Å². The van der Waals surface area contributed by atoms with Crippen LogP contribution in [0.15, 0.2) is 0 Å². The summed E-state index contributed by atoms with van der Waals surface area (Å²) in [6.45, 7) is 0.398. The fraction of sp³-hybridized carbons (Fsp3) is 1.00. The second-order valence-corrected chi connectivity index (χ2v) is 7.70. The van der Waals surface area contributed by atoms with Crippen LogP contribution in [0, 0.1) is 5.41 Å². The van der Waals surface area contributed by atoms with Gasteiger partial charge in [-0.15, -0.1) is 0 Å². The predicted molar refractivity (Wildman–Crippen MR) is 62.8 cm³/mol. The molecule has 0 saturated heterocycles. The summed E-state index contributed by atoms with van der Waals surface area (Å²) in [5.41, 5.74) is 4.37. The summed E-state index contributed by atoms with van der Waals surface area (Å²) in [6.07, 6.45) is 5.97. The molecule has 2 unspecified atom stereocenters. The zero-order chi connectivity index (χ0) is 12.0. The molecule has 2 aliphatic carbocycles. The molecule has 0 aromatic heterocycles. The summed E-state index contributed by atoms with van der Waals surface area (Å²) >= 11 is 0. The minimum absolute atomic E-state index is 0.336. The van der Waals surface area contributed by atoms with Gasteiger partial charge < -0.3 is 10.8 Å². The molecular formula is C11H21NO3S. The van der Waals surface area contributed by atoms with Gasteiger partial charge in [-0.25, -0.2) is 8.42 Å². The lowest BCUT2D eigenvalue weighted by Crippen LogP contribution is -2.61. The minimum Gasteiger partial charge on any atom is -0.388 e. The lowest BCUT2D eigenvalue weighted by atomic mass is 9.58. The van der Waals surface area contributed by atoms with E-state index in [0.717, 1.165) is 25.7 Å². The number of hydrogen-bond donors (Lipinski definition) is 2.